The molecule has 1 aromatic rings. The SMILES string of the molecule is Cc1cccc(NS(=O)(=O)C2CCOCC2)c1CN. The number of ether oxygens (including phenoxy) is 1. The molecule has 1 saturated heterocycles. The van der Waals surface area contributed by atoms with Gasteiger partial charge in [-0.25, -0.2) is 8.42 Å². The van der Waals surface area contributed by atoms with E-state index in [4.69, 9.17) is 10.5 Å². The molecular weight excluding hydrogens is 264 g/mol. The standard InChI is InChI=1S/C13H20N2O3S/c1-10-3-2-4-13(12(10)9-14)15-19(16,17)11-5-7-18-8-6-11/h2-4,11,15H,5-9,14H2,1H3. The Morgan fingerprint density at radius 2 is 2.05 bits per heavy atom. The molecule has 1 aliphatic rings. The van der Waals surface area contributed by atoms with E-state index in [1.807, 2.05) is 19.1 Å². The summed E-state index contributed by atoms with van der Waals surface area (Å²) in [5.74, 6) is 0. The van der Waals surface area contributed by atoms with Crippen molar-refractivity contribution < 1.29 is 13.2 Å². The molecule has 106 valence electrons. The number of aryl methyl sites for hydroxylation is 1. The largest absolute Gasteiger partial charge is 0.381 e. The van der Waals surface area contributed by atoms with E-state index in [9.17, 15) is 8.42 Å². The minimum absolute atomic E-state index is 0.318. The van der Waals surface area contributed by atoms with Crippen LogP contribution in [-0.4, -0.2) is 26.9 Å². The second kappa shape index (κ2) is 5.90. The molecule has 0 spiro atoms. The van der Waals surface area contributed by atoms with E-state index < -0.39 is 10.0 Å². The average Bonchev–Trinajstić information content (AvgIpc) is 2.40. The molecule has 1 fully saturated rings. The van der Waals surface area contributed by atoms with Crippen molar-refractivity contribution in [2.24, 2.45) is 5.73 Å². The Bertz CT molecular complexity index is 537. The average molecular weight is 284 g/mol. The third kappa shape index (κ3) is 3.26. The van der Waals surface area contributed by atoms with Gasteiger partial charge >= 0.3 is 0 Å². The van der Waals surface area contributed by atoms with E-state index in [1.54, 1.807) is 6.07 Å². The van der Waals surface area contributed by atoms with Gasteiger partial charge in [0.05, 0.1) is 10.9 Å². The van der Waals surface area contributed by atoms with Gasteiger partial charge in [-0.15, -0.1) is 0 Å². The van der Waals surface area contributed by atoms with Gasteiger partial charge in [0.25, 0.3) is 0 Å². The number of hydrogen-bond acceptors (Lipinski definition) is 4. The van der Waals surface area contributed by atoms with Gasteiger partial charge < -0.3 is 10.5 Å². The molecule has 1 aromatic carbocycles. The predicted octanol–water partition coefficient (Wildman–Crippen LogP) is 1.37. The summed E-state index contributed by atoms with van der Waals surface area (Å²) >= 11 is 0. The number of anilines is 1. The number of benzene rings is 1. The summed E-state index contributed by atoms with van der Waals surface area (Å²) in [5.41, 5.74) is 8.13. The lowest BCUT2D eigenvalue weighted by Crippen LogP contribution is -2.33. The van der Waals surface area contributed by atoms with Crippen LogP contribution in [0.5, 0.6) is 0 Å². The predicted molar refractivity (Wildman–Crippen MR) is 75.5 cm³/mol. The van der Waals surface area contributed by atoms with Crippen LogP contribution in [0.2, 0.25) is 0 Å². The van der Waals surface area contributed by atoms with E-state index in [0.717, 1.165) is 11.1 Å². The maximum Gasteiger partial charge on any atom is 0.235 e. The molecule has 0 saturated carbocycles. The second-order valence-corrected chi connectivity index (χ2v) is 6.72. The van der Waals surface area contributed by atoms with Crippen LogP contribution in [0, 0.1) is 6.92 Å². The zero-order valence-electron chi connectivity index (χ0n) is 11.1. The lowest BCUT2D eigenvalue weighted by atomic mass is 10.1. The zero-order chi connectivity index (χ0) is 13.9. The van der Waals surface area contributed by atoms with E-state index in [1.165, 1.54) is 0 Å². The molecule has 0 amide bonds. The van der Waals surface area contributed by atoms with Crippen molar-refractivity contribution in [3.8, 4) is 0 Å². The van der Waals surface area contributed by atoms with Gasteiger partial charge in [0.15, 0.2) is 0 Å². The Morgan fingerprint density at radius 3 is 2.68 bits per heavy atom. The first-order chi connectivity index (χ1) is 9.04. The summed E-state index contributed by atoms with van der Waals surface area (Å²) in [6.07, 6.45) is 1.08. The Morgan fingerprint density at radius 1 is 1.37 bits per heavy atom. The topological polar surface area (TPSA) is 81.4 Å². The summed E-state index contributed by atoms with van der Waals surface area (Å²) < 4.78 is 32.5. The van der Waals surface area contributed by atoms with Gasteiger partial charge in [-0.3, -0.25) is 4.72 Å². The number of sulfonamides is 1. The van der Waals surface area contributed by atoms with Gasteiger partial charge in [0.2, 0.25) is 10.0 Å². The van der Waals surface area contributed by atoms with Crippen molar-refractivity contribution in [1.29, 1.82) is 0 Å². The summed E-state index contributed by atoms with van der Waals surface area (Å²) in [6.45, 7) is 3.25. The van der Waals surface area contributed by atoms with Gasteiger partial charge in [0.1, 0.15) is 0 Å². The lowest BCUT2D eigenvalue weighted by Gasteiger charge is -2.23. The molecule has 0 unspecified atom stereocenters. The van der Waals surface area contributed by atoms with Crippen LogP contribution in [0.3, 0.4) is 0 Å². The van der Waals surface area contributed by atoms with E-state index in [0.29, 0.717) is 38.3 Å². The van der Waals surface area contributed by atoms with Crippen LogP contribution < -0.4 is 10.5 Å². The molecule has 1 aliphatic heterocycles. The maximum absolute atomic E-state index is 12.3. The molecule has 0 aromatic heterocycles. The molecule has 0 radical (unpaired) electrons. The van der Waals surface area contributed by atoms with E-state index >= 15 is 0 Å². The van der Waals surface area contributed by atoms with Crippen LogP contribution in [0.1, 0.15) is 24.0 Å². The fraction of sp³-hybridized carbons (Fsp3) is 0.538. The van der Waals surface area contributed by atoms with Gasteiger partial charge in [-0.1, -0.05) is 12.1 Å². The fourth-order valence-electron chi connectivity index (χ4n) is 2.29. The van der Waals surface area contributed by atoms with Gasteiger partial charge in [-0.2, -0.15) is 0 Å². The third-order valence-corrected chi connectivity index (χ3v) is 5.33. The molecule has 0 atom stereocenters. The van der Waals surface area contributed by atoms with Crippen LogP contribution in [0.4, 0.5) is 5.69 Å². The monoisotopic (exact) mass is 284 g/mol. The molecule has 0 bridgehead atoms. The van der Waals surface area contributed by atoms with Crippen LogP contribution in [0.15, 0.2) is 18.2 Å². The normalized spacial score (nSPS) is 17.4. The Hall–Kier alpha value is -1.11. The van der Waals surface area contributed by atoms with Crippen molar-refractivity contribution in [1.82, 2.24) is 0 Å². The van der Waals surface area contributed by atoms with E-state index in [-0.39, 0.29) is 5.25 Å². The highest BCUT2D eigenvalue weighted by atomic mass is 32.2. The van der Waals surface area contributed by atoms with Gasteiger partial charge in [-0.05, 0) is 37.0 Å². The number of nitrogens with two attached hydrogens (primary N) is 1. The molecule has 3 N–H and O–H groups in total. The quantitative estimate of drug-likeness (QED) is 0.875. The molecule has 5 nitrogen and oxygen atoms in total. The minimum Gasteiger partial charge on any atom is -0.381 e. The summed E-state index contributed by atoms with van der Waals surface area (Å²) in [5, 5.41) is -0.382. The molecule has 6 heteroatoms. The summed E-state index contributed by atoms with van der Waals surface area (Å²) in [7, 11) is -3.37. The fourth-order valence-corrected chi connectivity index (χ4v) is 3.77. The highest BCUT2D eigenvalue weighted by Crippen LogP contribution is 2.23. The Balaban J connectivity index is 2.22. The van der Waals surface area contributed by atoms with Crippen molar-refractivity contribution >= 4 is 15.7 Å². The molecule has 0 aliphatic carbocycles. The maximum atomic E-state index is 12.3. The van der Waals surface area contributed by atoms with Crippen LogP contribution >= 0.6 is 0 Å². The van der Waals surface area contributed by atoms with Crippen molar-refractivity contribution in [3.05, 3.63) is 29.3 Å². The highest BCUT2D eigenvalue weighted by Gasteiger charge is 2.28. The smallest absolute Gasteiger partial charge is 0.235 e. The Labute approximate surface area is 114 Å². The van der Waals surface area contributed by atoms with Crippen LogP contribution in [-0.2, 0) is 21.3 Å². The van der Waals surface area contributed by atoms with Crippen molar-refractivity contribution in [2.45, 2.75) is 31.6 Å². The third-order valence-electron chi connectivity index (χ3n) is 3.47. The zero-order valence-corrected chi connectivity index (χ0v) is 11.9. The minimum atomic E-state index is -3.37. The summed E-state index contributed by atoms with van der Waals surface area (Å²) in [6, 6.07) is 5.51. The van der Waals surface area contributed by atoms with Crippen molar-refractivity contribution in [2.75, 3.05) is 17.9 Å². The second-order valence-electron chi connectivity index (χ2n) is 4.76. The molecule has 1 heterocycles. The number of rotatable bonds is 4. The first-order valence-corrected chi connectivity index (χ1v) is 7.97. The number of nitrogens with one attached hydrogen (secondary N) is 1. The molecule has 2 rings (SSSR count). The van der Waals surface area contributed by atoms with Gasteiger partial charge in [0, 0.05) is 19.8 Å². The Kier molecular flexibility index (Phi) is 4.44. The lowest BCUT2D eigenvalue weighted by molar-refractivity contribution is 0.0984. The molecular formula is C13H20N2O3S. The highest BCUT2D eigenvalue weighted by molar-refractivity contribution is 7.93. The number of hydrogen-bond donors (Lipinski definition) is 2. The van der Waals surface area contributed by atoms with Crippen molar-refractivity contribution in [3.63, 3.8) is 0 Å². The molecule has 19 heavy (non-hydrogen) atoms. The van der Waals surface area contributed by atoms with Crippen LogP contribution in [0.25, 0.3) is 0 Å². The van der Waals surface area contributed by atoms with E-state index in [2.05, 4.69) is 4.72 Å². The first-order valence-electron chi connectivity index (χ1n) is 6.42. The first kappa shape index (κ1) is 14.3. The summed E-state index contributed by atoms with van der Waals surface area (Å²) in [4.78, 5) is 0.